The first kappa shape index (κ1) is 19.7. The summed E-state index contributed by atoms with van der Waals surface area (Å²) < 4.78 is 0. The number of halogens is 1. The van der Waals surface area contributed by atoms with Crippen LogP contribution in [-0.4, -0.2) is 60.7 Å². The van der Waals surface area contributed by atoms with Gasteiger partial charge < -0.3 is 20.6 Å². The van der Waals surface area contributed by atoms with Crippen LogP contribution in [0.2, 0.25) is 0 Å². The average Bonchev–Trinajstić information content (AvgIpc) is 2.97. The topological polar surface area (TPSA) is 77.0 Å². The van der Waals surface area contributed by atoms with Crippen LogP contribution in [0.15, 0.2) is 35.3 Å². The second-order valence-electron chi connectivity index (χ2n) is 5.25. The molecular weight excluding hydrogens is 407 g/mol. The molecule has 1 amide bonds. The van der Waals surface area contributed by atoms with E-state index in [4.69, 9.17) is 0 Å². The summed E-state index contributed by atoms with van der Waals surface area (Å²) in [5.41, 5.74) is 0.654. The lowest BCUT2D eigenvalue weighted by Crippen LogP contribution is -2.41. The van der Waals surface area contributed by atoms with Crippen LogP contribution in [-0.2, 0) is 0 Å². The van der Waals surface area contributed by atoms with Crippen molar-refractivity contribution in [3.63, 3.8) is 0 Å². The van der Waals surface area contributed by atoms with Gasteiger partial charge in [-0.1, -0.05) is 18.2 Å². The van der Waals surface area contributed by atoms with Gasteiger partial charge in [0.05, 0.1) is 12.6 Å². The third-order valence-corrected chi connectivity index (χ3v) is 3.49. The number of nitrogens with one attached hydrogen (secondary N) is 2. The van der Waals surface area contributed by atoms with Crippen molar-refractivity contribution in [1.29, 1.82) is 0 Å². The minimum atomic E-state index is -0.276. The van der Waals surface area contributed by atoms with Crippen LogP contribution >= 0.6 is 24.0 Å². The van der Waals surface area contributed by atoms with E-state index in [0.717, 1.165) is 25.5 Å². The van der Waals surface area contributed by atoms with E-state index < -0.39 is 0 Å². The van der Waals surface area contributed by atoms with Crippen LogP contribution in [0, 0.1) is 0 Å². The first-order valence-electron chi connectivity index (χ1n) is 7.75. The SMILES string of the molecule is CCNC(=NCCNC(=O)c1ccccc1)N1CC[C@@H](O)C1.I. The molecule has 3 N–H and O–H groups in total. The van der Waals surface area contributed by atoms with E-state index in [1.54, 1.807) is 12.1 Å². The minimum Gasteiger partial charge on any atom is -0.391 e. The third-order valence-electron chi connectivity index (χ3n) is 3.49. The molecule has 1 aliphatic heterocycles. The summed E-state index contributed by atoms with van der Waals surface area (Å²) >= 11 is 0. The average molecular weight is 432 g/mol. The highest BCUT2D eigenvalue weighted by Crippen LogP contribution is 2.08. The van der Waals surface area contributed by atoms with Crippen molar-refractivity contribution in [2.45, 2.75) is 19.4 Å². The molecule has 0 aliphatic carbocycles. The second-order valence-corrected chi connectivity index (χ2v) is 5.25. The highest BCUT2D eigenvalue weighted by atomic mass is 127. The number of aliphatic imine (C=N–C) groups is 1. The maximum atomic E-state index is 11.9. The Balaban J connectivity index is 0.00000264. The molecule has 23 heavy (non-hydrogen) atoms. The van der Waals surface area contributed by atoms with Crippen LogP contribution in [0.4, 0.5) is 0 Å². The van der Waals surface area contributed by atoms with Crippen molar-refractivity contribution in [1.82, 2.24) is 15.5 Å². The van der Waals surface area contributed by atoms with Gasteiger partial charge in [0.1, 0.15) is 0 Å². The number of rotatable bonds is 5. The zero-order valence-corrected chi connectivity index (χ0v) is 15.7. The molecule has 1 heterocycles. The van der Waals surface area contributed by atoms with Crippen molar-refractivity contribution in [3.05, 3.63) is 35.9 Å². The number of hydrogen-bond acceptors (Lipinski definition) is 3. The van der Waals surface area contributed by atoms with Gasteiger partial charge in [0, 0.05) is 31.7 Å². The molecule has 0 aromatic heterocycles. The summed E-state index contributed by atoms with van der Waals surface area (Å²) in [5, 5.41) is 15.7. The Bertz CT molecular complexity index is 510. The Labute approximate surface area is 154 Å². The molecule has 0 unspecified atom stereocenters. The van der Waals surface area contributed by atoms with E-state index in [0.29, 0.717) is 25.2 Å². The molecule has 1 saturated heterocycles. The Morgan fingerprint density at radius 1 is 1.35 bits per heavy atom. The lowest BCUT2D eigenvalue weighted by atomic mass is 10.2. The first-order valence-corrected chi connectivity index (χ1v) is 7.75. The molecule has 0 spiro atoms. The van der Waals surface area contributed by atoms with Crippen LogP contribution in [0.25, 0.3) is 0 Å². The molecule has 0 saturated carbocycles. The Morgan fingerprint density at radius 3 is 2.70 bits per heavy atom. The van der Waals surface area contributed by atoms with Gasteiger partial charge in [0.2, 0.25) is 0 Å². The molecule has 1 aromatic carbocycles. The van der Waals surface area contributed by atoms with E-state index in [1.807, 2.05) is 30.0 Å². The van der Waals surface area contributed by atoms with Crippen molar-refractivity contribution >= 4 is 35.8 Å². The van der Waals surface area contributed by atoms with Gasteiger partial charge in [0.15, 0.2) is 5.96 Å². The summed E-state index contributed by atoms with van der Waals surface area (Å²) in [7, 11) is 0. The molecule has 2 rings (SSSR count). The van der Waals surface area contributed by atoms with Crippen LogP contribution in [0.1, 0.15) is 23.7 Å². The van der Waals surface area contributed by atoms with Gasteiger partial charge >= 0.3 is 0 Å². The van der Waals surface area contributed by atoms with E-state index >= 15 is 0 Å². The number of benzene rings is 1. The molecule has 1 fully saturated rings. The molecule has 0 bridgehead atoms. The van der Waals surface area contributed by atoms with Gasteiger partial charge in [-0.3, -0.25) is 9.79 Å². The Morgan fingerprint density at radius 2 is 2.09 bits per heavy atom. The second kappa shape index (κ2) is 10.4. The summed E-state index contributed by atoms with van der Waals surface area (Å²) in [6, 6.07) is 9.14. The zero-order valence-electron chi connectivity index (χ0n) is 13.4. The van der Waals surface area contributed by atoms with Crippen molar-refractivity contribution in [2.75, 3.05) is 32.7 Å². The monoisotopic (exact) mass is 432 g/mol. The molecule has 1 aliphatic rings. The molecule has 1 atom stereocenters. The number of aliphatic hydroxyl groups is 1. The number of carbonyl (C=O) groups is 1. The largest absolute Gasteiger partial charge is 0.391 e. The zero-order chi connectivity index (χ0) is 15.8. The van der Waals surface area contributed by atoms with E-state index in [2.05, 4.69) is 15.6 Å². The number of nitrogens with zero attached hydrogens (tertiary/aromatic N) is 2. The normalized spacial score (nSPS) is 17.6. The Kier molecular flexibility index (Phi) is 8.93. The molecule has 6 nitrogen and oxygen atoms in total. The highest BCUT2D eigenvalue weighted by molar-refractivity contribution is 14.0. The van der Waals surface area contributed by atoms with Crippen LogP contribution < -0.4 is 10.6 Å². The fraction of sp³-hybridized carbons (Fsp3) is 0.500. The van der Waals surface area contributed by atoms with Crippen LogP contribution in [0.5, 0.6) is 0 Å². The number of hydrogen-bond donors (Lipinski definition) is 3. The maximum Gasteiger partial charge on any atom is 0.251 e. The number of β-amino-alcohol motifs (C(OH)–C–C–N with tert-alkyl or cyclic N) is 1. The van der Waals surface area contributed by atoms with Gasteiger partial charge in [-0.2, -0.15) is 0 Å². The number of amides is 1. The van der Waals surface area contributed by atoms with E-state index in [9.17, 15) is 9.90 Å². The molecule has 128 valence electrons. The van der Waals surface area contributed by atoms with E-state index in [-0.39, 0.29) is 36.0 Å². The summed E-state index contributed by atoms with van der Waals surface area (Å²) in [6.07, 6.45) is 0.497. The quantitative estimate of drug-likeness (QED) is 0.282. The molecule has 1 aromatic rings. The summed E-state index contributed by atoms with van der Waals surface area (Å²) in [5.74, 6) is 0.713. The predicted octanol–water partition coefficient (Wildman–Crippen LogP) is 1.07. The number of guanidine groups is 1. The van der Waals surface area contributed by atoms with Gasteiger partial charge in [0.25, 0.3) is 5.91 Å². The van der Waals surface area contributed by atoms with E-state index in [1.165, 1.54) is 0 Å². The lowest BCUT2D eigenvalue weighted by molar-refractivity contribution is 0.0955. The fourth-order valence-electron chi connectivity index (χ4n) is 2.38. The standard InChI is InChI=1S/C16H24N4O2.HI/c1-2-17-16(20-11-8-14(21)12-20)19-10-9-18-15(22)13-6-4-3-5-7-13;/h3-7,14,21H,2,8-12H2,1H3,(H,17,19)(H,18,22);1H/t14-;/m1./s1. The molecule has 7 heteroatoms. The number of carbonyl (C=O) groups excluding carboxylic acids is 1. The Hall–Kier alpha value is -1.35. The maximum absolute atomic E-state index is 11.9. The minimum absolute atomic E-state index is 0. The molecular formula is C16H25IN4O2. The number of aliphatic hydroxyl groups excluding tert-OH is 1. The summed E-state index contributed by atoms with van der Waals surface area (Å²) in [6.45, 7) is 5.21. The molecule has 0 radical (unpaired) electrons. The van der Waals surface area contributed by atoms with Gasteiger partial charge in [-0.05, 0) is 25.5 Å². The fourth-order valence-corrected chi connectivity index (χ4v) is 2.38. The van der Waals surface area contributed by atoms with Gasteiger partial charge in [-0.15, -0.1) is 24.0 Å². The highest BCUT2D eigenvalue weighted by Gasteiger charge is 2.22. The van der Waals surface area contributed by atoms with Crippen molar-refractivity contribution in [2.24, 2.45) is 4.99 Å². The smallest absolute Gasteiger partial charge is 0.251 e. The van der Waals surface area contributed by atoms with Crippen LogP contribution in [0.3, 0.4) is 0 Å². The van der Waals surface area contributed by atoms with Crippen molar-refractivity contribution < 1.29 is 9.90 Å². The predicted molar refractivity (Wildman–Crippen MR) is 102 cm³/mol. The number of likely N-dealkylation sites (tertiary alicyclic amines) is 1. The first-order chi connectivity index (χ1) is 10.7. The van der Waals surface area contributed by atoms with Gasteiger partial charge in [-0.25, -0.2) is 0 Å². The van der Waals surface area contributed by atoms with Crippen molar-refractivity contribution in [3.8, 4) is 0 Å². The third kappa shape index (κ3) is 6.34. The lowest BCUT2D eigenvalue weighted by Gasteiger charge is -2.20. The summed E-state index contributed by atoms with van der Waals surface area (Å²) in [4.78, 5) is 18.4.